The van der Waals surface area contributed by atoms with E-state index in [0.717, 1.165) is 50.0 Å². The van der Waals surface area contributed by atoms with Gasteiger partial charge in [-0.05, 0) is 49.8 Å². The molecule has 2 aliphatic heterocycles. The summed E-state index contributed by atoms with van der Waals surface area (Å²) in [6.07, 6.45) is 3.91. The summed E-state index contributed by atoms with van der Waals surface area (Å²) in [7, 11) is 0. The van der Waals surface area contributed by atoms with Crippen LogP contribution in [0.2, 0.25) is 0 Å². The first-order valence-electron chi connectivity index (χ1n) is 7.90. The van der Waals surface area contributed by atoms with Crippen LogP contribution in [0.15, 0.2) is 18.2 Å². The summed E-state index contributed by atoms with van der Waals surface area (Å²) < 4.78 is 0. The predicted molar refractivity (Wildman–Crippen MR) is 89.0 cm³/mol. The van der Waals surface area contributed by atoms with E-state index in [0.29, 0.717) is 6.54 Å². The number of fused-ring (bicyclic) bond motifs is 1. The van der Waals surface area contributed by atoms with Gasteiger partial charge in [0.2, 0.25) is 5.91 Å². The number of nitro benzene ring substituents is 1. The summed E-state index contributed by atoms with van der Waals surface area (Å²) in [5.74, 6) is 0.279. The largest absolute Gasteiger partial charge is 0.317 e. The van der Waals surface area contributed by atoms with E-state index < -0.39 is 4.92 Å². The fraction of sp³-hybridized carbons (Fsp3) is 0.562. The molecule has 23 heavy (non-hydrogen) atoms. The Kier molecular flexibility index (Phi) is 4.06. The molecule has 1 aromatic rings. The van der Waals surface area contributed by atoms with Gasteiger partial charge in [-0.3, -0.25) is 14.9 Å². The van der Waals surface area contributed by atoms with Gasteiger partial charge < -0.3 is 10.2 Å². The van der Waals surface area contributed by atoms with Crippen molar-refractivity contribution in [2.75, 3.05) is 24.5 Å². The summed E-state index contributed by atoms with van der Waals surface area (Å²) in [6, 6.07) is 4.86. The number of hydrogen-bond donors (Lipinski definition) is 1. The minimum Gasteiger partial charge on any atom is -0.317 e. The fourth-order valence-corrected chi connectivity index (χ4v) is 4.07. The Morgan fingerprint density at radius 3 is 2.78 bits per heavy atom. The molecule has 1 atom stereocenters. The molecule has 6 nitrogen and oxygen atoms in total. The van der Waals surface area contributed by atoms with E-state index in [9.17, 15) is 14.9 Å². The number of halogens is 1. The molecule has 2 fully saturated rings. The first kappa shape index (κ1) is 16.2. The minimum absolute atomic E-state index is 0. The smallest absolute Gasteiger partial charge is 0.271 e. The van der Waals surface area contributed by atoms with Crippen molar-refractivity contribution in [3.63, 3.8) is 0 Å². The normalized spacial score (nSPS) is 24.0. The van der Waals surface area contributed by atoms with Crippen LogP contribution in [-0.4, -0.2) is 30.5 Å². The zero-order valence-corrected chi connectivity index (χ0v) is 13.6. The van der Waals surface area contributed by atoms with Crippen molar-refractivity contribution in [1.29, 1.82) is 0 Å². The summed E-state index contributed by atoms with van der Waals surface area (Å²) in [6.45, 7) is 2.64. The van der Waals surface area contributed by atoms with Crippen LogP contribution in [0, 0.1) is 21.4 Å². The van der Waals surface area contributed by atoms with Gasteiger partial charge in [0, 0.05) is 24.6 Å². The third kappa shape index (κ3) is 2.60. The Bertz CT molecular complexity index is 658. The van der Waals surface area contributed by atoms with Crippen molar-refractivity contribution in [1.82, 2.24) is 5.32 Å². The van der Waals surface area contributed by atoms with Crippen LogP contribution in [0.3, 0.4) is 0 Å². The molecule has 124 valence electrons. The molecule has 1 aliphatic carbocycles. The van der Waals surface area contributed by atoms with Crippen LogP contribution in [0.1, 0.15) is 24.8 Å². The van der Waals surface area contributed by atoms with Gasteiger partial charge >= 0.3 is 0 Å². The first-order valence-corrected chi connectivity index (χ1v) is 7.90. The lowest BCUT2D eigenvalue weighted by Gasteiger charge is -2.25. The summed E-state index contributed by atoms with van der Waals surface area (Å²) >= 11 is 0. The molecule has 2 heterocycles. The number of anilines is 1. The number of nitrogens with zero attached hydrogens (tertiary/aromatic N) is 2. The van der Waals surface area contributed by atoms with Crippen LogP contribution in [-0.2, 0) is 11.2 Å². The second kappa shape index (κ2) is 5.76. The van der Waals surface area contributed by atoms with Crippen molar-refractivity contribution in [2.45, 2.75) is 25.7 Å². The van der Waals surface area contributed by atoms with Crippen molar-refractivity contribution >= 4 is 29.7 Å². The maximum Gasteiger partial charge on any atom is 0.271 e. The molecule has 4 rings (SSSR count). The Morgan fingerprint density at radius 2 is 2.09 bits per heavy atom. The SMILES string of the molecule is Cl.O=C(C1CC12CCNCC2)N1CCc2ccc([N+](=O)[O-])cc21. The van der Waals surface area contributed by atoms with Crippen LogP contribution in [0.4, 0.5) is 11.4 Å². The number of nitro groups is 1. The lowest BCUT2D eigenvalue weighted by atomic mass is 9.91. The average molecular weight is 338 g/mol. The van der Waals surface area contributed by atoms with Crippen molar-refractivity contribution in [2.24, 2.45) is 11.3 Å². The van der Waals surface area contributed by atoms with Gasteiger partial charge in [-0.25, -0.2) is 0 Å². The van der Waals surface area contributed by atoms with E-state index >= 15 is 0 Å². The van der Waals surface area contributed by atoms with E-state index in [4.69, 9.17) is 0 Å². The first-order chi connectivity index (χ1) is 10.6. The summed E-state index contributed by atoms with van der Waals surface area (Å²) in [4.78, 5) is 25.2. The number of carbonyl (C=O) groups excluding carboxylic acids is 1. The maximum atomic E-state index is 12.9. The Labute approximate surface area is 140 Å². The van der Waals surface area contributed by atoms with E-state index in [1.165, 1.54) is 6.07 Å². The van der Waals surface area contributed by atoms with E-state index in [2.05, 4.69) is 5.32 Å². The number of nitrogens with one attached hydrogen (secondary N) is 1. The zero-order valence-electron chi connectivity index (χ0n) is 12.8. The molecule has 1 amide bonds. The van der Waals surface area contributed by atoms with Crippen LogP contribution in [0.25, 0.3) is 0 Å². The second-order valence-corrected chi connectivity index (χ2v) is 6.68. The molecular formula is C16H20ClN3O3. The Balaban J connectivity index is 0.00000156. The fourth-order valence-electron chi connectivity index (χ4n) is 4.07. The molecule has 0 radical (unpaired) electrons. The van der Waals surface area contributed by atoms with E-state index in [1.807, 2.05) is 0 Å². The van der Waals surface area contributed by atoms with Gasteiger partial charge in [-0.1, -0.05) is 6.07 Å². The number of non-ortho nitro benzene ring substituents is 1. The third-order valence-corrected chi connectivity index (χ3v) is 5.53. The molecule has 7 heteroatoms. The van der Waals surface area contributed by atoms with Crippen molar-refractivity contribution in [3.8, 4) is 0 Å². The standard InChI is InChI=1S/C16H19N3O3.ClH/c20-15(13-10-16(13)4-6-17-7-5-16)18-8-3-11-1-2-12(19(21)22)9-14(11)18;/h1-2,9,13,17H,3-8,10H2;1H. The van der Waals surface area contributed by atoms with Crippen LogP contribution in [0.5, 0.6) is 0 Å². The molecule has 0 bridgehead atoms. The number of hydrogen-bond acceptors (Lipinski definition) is 4. The zero-order chi connectivity index (χ0) is 15.3. The minimum atomic E-state index is -0.396. The number of carbonyl (C=O) groups is 1. The van der Waals surface area contributed by atoms with Crippen LogP contribution >= 0.6 is 12.4 Å². The van der Waals surface area contributed by atoms with Gasteiger partial charge in [-0.15, -0.1) is 12.4 Å². The topological polar surface area (TPSA) is 75.5 Å². The lowest BCUT2D eigenvalue weighted by Crippen LogP contribution is -2.35. The second-order valence-electron chi connectivity index (χ2n) is 6.68. The molecule has 1 spiro atoms. The van der Waals surface area contributed by atoms with Gasteiger partial charge in [0.05, 0.1) is 10.6 Å². The Hall–Kier alpha value is -1.66. The Morgan fingerprint density at radius 1 is 1.35 bits per heavy atom. The molecule has 1 aromatic carbocycles. The number of amides is 1. The molecular weight excluding hydrogens is 318 g/mol. The third-order valence-electron chi connectivity index (χ3n) is 5.53. The maximum absolute atomic E-state index is 12.9. The van der Waals surface area contributed by atoms with Crippen molar-refractivity contribution < 1.29 is 9.72 Å². The summed E-state index contributed by atoms with van der Waals surface area (Å²) in [5.41, 5.74) is 2.05. The van der Waals surface area contributed by atoms with Gasteiger partial charge in [0.15, 0.2) is 0 Å². The number of rotatable bonds is 2. The highest BCUT2D eigenvalue weighted by Gasteiger charge is 2.59. The average Bonchev–Trinajstić information content (AvgIpc) is 3.04. The highest BCUT2D eigenvalue weighted by Crippen LogP contribution is 2.59. The quantitative estimate of drug-likeness (QED) is 0.663. The summed E-state index contributed by atoms with van der Waals surface area (Å²) in [5, 5.41) is 14.3. The highest BCUT2D eigenvalue weighted by atomic mass is 35.5. The molecule has 3 aliphatic rings. The molecule has 1 N–H and O–H groups in total. The number of piperidine rings is 1. The van der Waals surface area contributed by atoms with Crippen LogP contribution < -0.4 is 10.2 Å². The van der Waals surface area contributed by atoms with Gasteiger partial charge in [0.1, 0.15) is 0 Å². The lowest BCUT2D eigenvalue weighted by molar-refractivity contribution is -0.384. The highest BCUT2D eigenvalue weighted by molar-refractivity contribution is 5.99. The van der Waals surface area contributed by atoms with E-state index in [1.54, 1.807) is 17.0 Å². The van der Waals surface area contributed by atoms with E-state index in [-0.39, 0.29) is 35.3 Å². The molecule has 1 saturated carbocycles. The molecule has 0 aromatic heterocycles. The number of benzene rings is 1. The van der Waals surface area contributed by atoms with Gasteiger partial charge in [-0.2, -0.15) is 0 Å². The molecule has 1 unspecified atom stereocenters. The monoisotopic (exact) mass is 337 g/mol. The molecule has 1 saturated heterocycles. The van der Waals surface area contributed by atoms with Gasteiger partial charge in [0.25, 0.3) is 5.69 Å². The predicted octanol–water partition coefficient (Wildman–Crippen LogP) is 2.30. The van der Waals surface area contributed by atoms with Crippen molar-refractivity contribution in [3.05, 3.63) is 33.9 Å².